The van der Waals surface area contributed by atoms with Gasteiger partial charge >= 0.3 is 0 Å². The Labute approximate surface area is 216 Å². The van der Waals surface area contributed by atoms with E-state index in [2.05, 4.69) is 31.2 Å². The maximum atomic E-state index is 5.97. The largest absolute Gasteiger partial charge is 0.496 e. The summed E-state index contributed by atoms with van der Waals surface area (Å²) in [4.78, 5) is 0. The zero-order chi connectivity index (χ0) is 24.8. The van der Waals surface area contributed by atoms with Crippen molar-refractivity contribution in [1.82, 2.24) is 0 Å². The Bertz CT molecular complexity index is 754. The van der Waals surface area contributed by atoms with E-state index in [4.69, 9.17) is 9.47 Å². The van der Waals surface area contributed by atoms with Crippen molar-refractivity contribution in [2.24, 2.45) is 0 Å². The van der Waals surface area contributed by atoms with Crippen LogP contribution in [0.4, 0.5) is 0 Å². The van der Waals surface area contributed by atoms with E-state index >= 15 is 0 Å². The Morgan fingerprint density at radius 2 is 1.14 bits per heavy atom. The van der Waals surface area contributed by atoms with Crippen molar-refractivity contribution in [3.63, 3.8) is 0 Å². The molecule has 0 aliphatic carbocycles. The minimum absolute atomic E-state index is 0.768. The van der Waals surface area contributed by atoms with Crippen molar-refractivity contribution in [1.29, 1.82) is 0 Å². The van der Waals surface area contributed by atoms with Crippen molar-refractivity contribution in [2.75, 3.05) is 13.7 Å². The van der Waals surface area contributed by atoms with E-state index in [0.717, 1.165) is 35.7 Å². The SMILES string of the molecule is CCCCCCCCCCCCCCCCCCCCOc1[c]ccc(-c2ccccc2OC)c1. The summed E-state index contributed by atoms with van der Waals surface area (Å²) in [6, 6.07) is 17.4. The van der Waals surface area contributed by atoms with Gasteiger partial charge in [0.15, 0.2) is 0 Å². The minimum atomic E-state index is 0.768. The molecule has 1 radical (unpaired) electrons. The van der Waals surface area contributed by atoms with Crippen LogP contribution in [-0.4, -0.2) is 13.7 Å². The summed E-state index contributed by atoms with van der Waals surface area (Å²) in [5, 5.41) is 0. The lowest BCUT2D eigenvalue weighted by molar-refractivity contribution is 0.303. The molecule has 2 aromatic rings. The third-order valence-corrected chi connectivity index (χ3v) is 6.95. The zero-order valence-corrected chi connectivity index (χ0v) is 22.8. The number of methoxy groups -OCH3 is 1. The minimum Gasteiger partial charge on any atom is -0.496 e. The topological polar surface area (TPSA) is 18.5 Å². The van der Waals surface area contributed by atoms with Crippen molar-refractivity contribution in [3.05, 3.63) is 48.5 Å². The second kappa shape index (κ2) is 20.3. The Balaban J connectivity index is 1.39. The van der Waals surface area contributed by atoms with Gasteiger partial charge in [-0.1, -0.05) is 140 Å². The van der Waals surface area contributed by atoms with Crippen LogP contribution >= 0.6 is 0 Å². The molecule has 0 fully saturated rings. The lowest BCUT2D eigenvalue weighted by Gasteiger charge is -2.10. The fourth-order valence-corrected chi connectivity index (χ4v) is 4.76. The first-order valence-electron chi connectivity index (χ1n) is 14.6. The Kier molecular flexibility index (Phi) is 16.9. The molecule has 2 aromatic carbocycles. The molecule has 0 saturated heterocycles. The van der Waals surface area contributed by atoms with Crippen LogP contribution in [0.15, 0.2) is 42.5 Å². The van der Waals surface area contributed by atoms with Crippen molar-refractivity contribution >= 4 is 0 Å². The molecule has 0 spiro atoms. The lowest BCUT2D eigenvalue weighted by Crippen LogP contribution is -1.98. The van der Waals surface area contributed by atoms with Gasteiger partial charge in [-0.05, 0) is 30.2 Å². The second-order valence-electron chi connectivity index (χ2n) is 10.0. The normalized spacial score (nSPS) is 11.0. The predicted octanol–water partition coefficient (Wildman–Crippen LogP) is 10.6. The number of hydrogen-bond acceptors (Lipinski definition) is 2. The van der Waals surface area contributed by atoms with Gasteiger partial charge in [-0.15, -0.1) is 0 Å². The van der Waals surface area contributed by atoms with Gasteiger partial charge in [0.05, 0.1) is 13.7 Å². The number of benzene rings is 2. The van der Waals surface area contributed by atoms with Gasteiger partial charge in [0.1, 0.15) is 11.5 Å². The van der Waals surface area contributed by atoms with Gasteiger partial charge in [-0.2, -0.15) is 0 Å². The molecule has 35 heavy (non-hydrogen) atoms. The molecule has 0 amide bonds. The molecule has 0 aromatic heterocycles. The summed E-state index contributed by atoms with van der Waals surface area (Å²) >= 11 is 0. The zero-order valence-electron chi connectivity index (χ0n) is 22.8. The Morgan fingerprint density at radius 3 is 1.69 bits per heavy atom. The highest BCUT2D eigenvalue weighted by Crippen LogP contribution is 2.31. The molecule has 2 nitrogen and oxygen atoms in total. The molecule has 0 atom stereocenters. The smallest absolute Gasteiger partial charge is 0.127 e. The average Bonchev–Trinajstić information content (AvgIpc) is 2.90. The fraction of sp³-hybridized carbons (Fsp3) is 0.636. The number of para-hydroxylation sites is 1. The Hall–Kier alpha value is -1.96. The molecule has 0 aliphatic heterocycles. The molecule has 0 saturated carbocycles. The van der Waals surface area contributed by atoms with E-state index in [0.29, 0.717) is 0 Å². The molecule has 2 heteroatoms. The van der Waals surface area contributed by atoms with Crippen LogP contribution < -0.4 is 9.47 Å². The predicted molar refractivity (Wildman–Crippen MR) is 152 cm³/mol. The molecular weight excluding hydrogens is 428 g/mol. The van der Waals surface area contributed by atoms with Gasteiger partial charge < -0.3 is 9.47 Å². The highest BCUT2D eigenvalue weighted by molar-refractivity contribution is 5.71. The quantitative estimate of drug-likeness (QED) is 0.156. The van der Waals surface area contributed by atoms with Crippen LogP contribution in [0.1, 0.15) is 122 Å². The summed E-state index contributed by atoms with van der Waals surface area (Å²) in [5.41, 5.74) is 2.19. The summed E-state index contributed by atoms with van der Waals surface area (Å²) in [6.07, 6.45) is 25.2. The fourth-order valence-electron chi connectivity index (χ4n) is 4.76. The first-order chi connectivity index (χ1) is 17.3. The lowest BCUT2D eigenvalue weighted by atomic mass is 10.0. The standard InChI is InChI=1S/C33H51O2/c1-3-4-5-6-7-8-9-10-11-12-13-14-15-16-17-18-19-22-28-35-31-25-23-24-30(29-31)32-26-20-21-27-33(32)34-2/h20-21,23-24,26-27,29H,3-19,22,28H2,1-2H3. The highest BCUT2D eigenvalue weighted by atomic mass is 16.5. The van der Waals surface area contributed by atoms with Crippen LogP contribution in [0.5, 0.6) is 11.5 Å². The van der Waals surface area contributed by atoms with E-state index in [1.165, 1.54) is 109 Å². The molecule has 195 valence electrons. The molecular formula is C33H51O2. The third kappa shape index (κ3) is 13.6. The number of ether oxygens (including phenoxy) is 2. The second-order valence-corrected chi connectivity index (χ2v) is 10.0. The van der Waals surface area contributed by atoms with Crippen LogP contribution in [0.2, 0.25) is 0 Å². The van der Waals surface area contributed by atoms with Gasteiger partial charge in [0.2, 0.25) is 0 Å². The number of hydrogen-bond donors (Lipinski definition) is 0. The van der Waals surface area contributed by atoms with Crippen molar-refractivity contribution in [2.45, 2.75) is 122 Å². The molecule has 0 N–H and O–H groups in total. The van der Waals surface area contributed by atoms with E-state index in [1.54, 1.807) is 7.11 Å². The van der Waals surface area contributed by atoms with E-state index in [9.17, 15) is 0 Å². The molecule has 0 bridgehead atoms. The summed E-state index contributed by atoms with van der Waals surface area (Å²) in [6.45, 7) is 3.06. The van der Waals surface area contributed by atoms with Crippen molar-refractivity contribution in [3.8, 4) is 22.6 Å². The molecule has 0 heterocycles. The maximum Gasteiger partial charge on any atom is 0.127 e. The number of unbranched alkanes of at least 4 members (excludes halogenated alkanes) is 17. The summed E-state index contributed by atoms with van der Waals surface area (Å²) in [5.74, 6) is 1.70. The highest BCUT2D eigenvalue weighted by Gasteiger charge is 2.06. The summed E-state index contributed by atoms with van der Waals surface area (Å²) in [7, 11) is 1.71. The van der Waals surface area contributed by atoms with Gasteiger partial charge in [-0.3, -0.25) is 0 Å². The van der Waals surface area contributed by atoms with Gasteiger partial charge in [0, 0.05) is 11.6 Å². The van der Waals surface area contributed by atoms with Crippen LogP contribution in [0.3, 0.4) is 0 Å². The van der Waals surface area contributed by atoms with E-state index < -0.39 is 0 Å². The Morgan fingerprint density at radius 1 is 0.629 bits per heavy atom. The number of rotatable bonds is 22. The third-order valence-electron chi connectivity index (χ3n) is 6.95. The average molecular weight is 480 g/mol. The first kappa shape index (κ1) is 29.3. The van der Waals surface area contributed by atoms with Crippen LogP contribution in [0.25, 0.3) is 11.1 Å². The molecule has 0 unspecified atom stereocenters. The van der Waals surface area contributed by atoms with Crippen LogP contribution in [0, 0.1) is 6.07 Å². The molecule has 0 aliphatic rings. The van der Waals surface area contributed by atoms with Gasteiger partial charge in [0.25, 0.3) is 0 Å². The monoisotopic (exact) mass is 479 g/mol. The summed E-state index contributed by atoms with van der Waals surface area (Å²) < 4.78 is 11.5. The molecule has 2 rings (SSSR count). The van der Waals surface area contributed by atoms with Crippen molar-refractivity contribution < 1.29 is 9.47 Å². The maximum absolute atomic E-state index is 5.97. The van der Waals surface area contributed by atoms with E-state index in [1.807, 2.05) is 24.3 Å². The van der Waals surface area contributed by atoms with Crippen LogP contribution in [-0.2, 0) is 0 Å². The van der Waals surface area contributed by atoms with E-state index in [-0.39, 0.29) is 0 Å². The first-order valence-corrected chi connectivity index (χ1v) is 14.6. The van der Waals surface area contributed by atoms with Gasteiger partial charge in [-0.25, -0.2) is 0 Å².